The quantitative estimate of drug-likeness (QED) is 0.806. The molecule has 0 aromatic heterocycles. The van der Waals surface area contributed by atoms with Crippen molar-refractivity contribution in [1.29, 1.82) is 0 Å². The molecule has 1 aromatic rings. The lowest BCUT2D eigenvalue weighted by molar-refractivity contribution is 0.356. The first kappa shape index (κ1) is 15.8. The lowest BCUT2D eigenvalue weighted by atomic mass is 9.93. The number of thiocarbonyl (C=S) groups is 1. The van der Waals surface area contributed by atoms with Crippen LogP contribution in [0.25, 0.3) is 0 Å². The SMILES string of the molecule is COc1cccc(NC(=S)NC(C(C)C)C(C)C)c1. The summed E-state index contributed by atoms with van der Waals surface area (Å²) in [6, 6.07) is 8.11. The van der Waals surface area contributed by atoms with Crippen molar-refractivity contribution >= 4 is 23.0 Å². The molecule has 1 aromatic carbocycles. The first-order valence-corrected chi connectivity index (χ1v) is 7.06. The summed E-state index contributed by atoms with van der Waals surface area (Å²) in [5, 5.41) is 7.23. The lowest BCUT2D eigenvalue weighted by Gasteiger charge is -2.27. The minimum atomic E-state index is 0.366. The number of hydrogen-bond acceptors (Lipinski definition) is 2. The molecule has 1 rings (SSSR count). The third-order valence-electron chi connectivity index (χ3n) is 3.06. The summed E-state index contributed by atoms with van der Waals surface area (Å²) >= 11 is 5.37. The fourth-order valence-electron chi connectivity index (χ4n) is 2.12. The molecule has 0 aliphatic heterocycles. The highest BCUT2D eigenvalue weighted by molar-refractivity contribution is 7.80. The highest BCUT2D eigenvalue weighted by atomic mass is 32.1. The topological polar surface area (TPSA) is 33.3 Å². The molecule has 0 amide bonds. The molecule has 19 heavy (non-hydrogen) atoms. The number of hydrogen-bond donors (Lipinski definition) is 2. The molecule has 0 aliphatic carbocycles. The van der Waals surface area contributed by atoms with Gasteiger partial charge in [-0.05, 0) is 36.2 Å². The van der Waals surface area contributed by atoms with E-state index in [1.807, 2.05) is 24.3 Å². The summed E-state index contributed by atoms with van der Waals surface area (Å²) in [4.78, 5) is 0. The Labute approximate surface area is 121 Å². The molecular weight excluding hydrogens is 256 g/mol. The van der Waals surface area contributed by atoms with Gasteiger partial charge < -0.3 is 15.4 Å². The Morgan fingerprint density at radius 1 is 1.16 bits per heavy atom. The van der Waals surface area contributed by atoms with Crippen LogP contribution in [-0.4, -0.2) is 18.3 Å². The Bertz CT molecular complexity index is 410. The van der Waals surface area contributed by atoms with Gasteiger partial charge in [0.15, 0.2) is 5.11 Å². The Hall–Kier alpha value is -1.29. The van der Waals surface area contributed by atoms with Crippen molar-refractivity contribution in [3.05, 3.63) is 24.3 Å². The van der Waals surface area contributed by atoms with E-state index in [-0.39, 0.29) is 0 Å². The van der Waals surface area contributed by atoms with Crippen molar-refractivity contribution in [2.24, 2.45) is 11.8 Å². The van der Waals surface area contributed by atoms with Gasteiger partial charge in [-0.2, -0.15) is 0 Å². The Kier molecular flexibility index (Phi) is 6.09. The van der Waals surface area contributed by atoms with Gasteiger partial charge in [0.2, 0.25) is 0 Å². The third-order valence-corrected chi connectivity index (χ3v) is 3.28. The standard InChI is InChI=1S/C15H24N2OS/c1-10(2)14(11(3)4)17-15(19)16-12-7-6-8-13(9-12)18-5/h6-11,14H,1-5H3,(H2,16,17,19). The third kappa shape index (κ3) is 5.07. The van der Waals surface area contributed by atoms with Gasteiger partial charge in [0.25, 0.3) is 0 Å². The van der Waals surface area contributed by atoms with Crippen LogP contribution in [0.3, 0.4) is 0 Å². The van der Waals surface area contributed by atoms with Crippen molar-refractivity contribution < 1.29 is 4.74 Å². The normalized spacial score (nSPS) is 10.9. The molecule has 106 valence electrons. The molecule has 0 saturated heterocycles. The zero-order valence-electron chi connectivity index (χ0n) is 12.4. The Morgan fingerprint density at radius 3 is 2.32 bits per heavy atom. The minimum Gasteiger partial charge on any atom is -0.497 e. The fraction of sp³-hybridized carbons (Fsp3) is 0.533. The van der Waals surface area contributed by atoms with Gasteiger partial charge in [0, 0.05) is 17.8 Å². The zero-order valence-corrected chi connectivity index (χ0v) is 13.2. The van der Waals surface area contributed by atoms with E-state index in [2.05, 4.69) is 38.3 Å². The van der Waals surface area contributed by atoms with E-state index >= 15 is 0 Å². The maximum atomic E-state index is 5.37. The molecular formula is C15H24N2OS. The van der Waals surface area contributed by atoms with Crippen molar-refractivity contribution in [2.45, 2.75) is 33.7 Å². The second kappa shape index (κ2) is 7.34. The average molecular weight is 280 g/mol. The van der Waals surface area contributed by atoms with Crippen molar-refractivity contribution in [3.63, 3.8) is 0 Å². The van der Waals surface area contributed by atoms with E-state index in [0.29, 0.717) is 23.0 Å². The van der Waals surface area contributed by atoms with Crippen molar-refractivity contribution in [3.8, 4) is 5.75 Å². The molecule has 4 heteroatoms. The zero-order chi connectivity index (χ0) is 14.4. The molecule has 3 nitrogen and oxygen atoms in total. The number of ether oxygens (including phenoxy) is 1. The van der Waals surface area contributed by atoms with E-state index < -0.39 is 0 Å². The molecule has 2 N–H and O–H groups in total. The van der Waals surface area contributed by atoms with Gasteiger partial charge in [-0.1, -0.05) is 33.8 Å². The molecule has 0 atom stereocenters. The summed E-state index contributed by atoms with van der Waals surface area (Å²) in [6.45, 7) is 8.80. The van der Waals surface area contributed by atoms with Crippen LogP contribution < -0.4 is 15.4 Å². The number of benzene rings is 1. The van der Waals surface area contributed by atoms with Crippen LogP contribution in [0.1, 0.15) is 27.7 Å². The summed E-state index contributed by atoms with van der Waals surface area (Å²) < 4.78 is 5.19. The number of nitrogens with one attached hydrogen (secondary N) is 2. The van der Waals surface area contributed by atoms with Gasteiger partial charge in [-0.15, -0.1) is 0 Å². The smallest absolute Gasteiger partial charge is 0.171 e. The van der Waals surface area contributed by atoms with Crippen LogP contribution >= 0.6 is 12.2 Å². The highest BCUT2D eigenvalue weighted by Crippen LogP contribution is 2.17. The van der Waals surface area contributed by atoms with Crippen LogP contribution in [0.4, 0.5) is 5.69 Å². The first-order valence-electron chi connectivity index (χ1n) is 6.65. The van der Waals surface area contributed by atoms with Gasteiger partial charge in [0.05, 0.1) is 7.11 Å². The summed E-state index contributed by atoms with van der Waals surface area (Å²) in [7, 11) is 1.66. The molecule has 0 unspecified atom stereocenters. The van der Waals surface area contributed by atoms with Gasteiger partial charge in [-0.25, -0.2) is 0 Å². The molecule has 0 saturated carbocycles. The first-order chi connectivity index (χ1) is 8.93. The van der Waals surface area contributed by atoms with Crippen LogP contribution in [0.2, 0.25) is 0 Å². The molecule has 0 bridgehead atoms. The summed E-state index contributed by atoms with van der Waals surface area (Å²) in [5.41, 5.74) is 0.933. The van der Waals surface area contributed by atoms with Gasteiger partial charge >= 0.3 is 0 Å². The monoisotopic (exact) mass is 280 g/mol. The van der Waals surface area contributed by atoms with E-state index in [0.717, 1.165) is 11.4 Å². The fourth-order valence-corrected chi connectivity index (χ4v) is 2.38. The van der Waals surface area contributed by atoms with E-state index in [4.69, 9.17) is 17.0 Å². The van der Waals surface area contributed by atoms with Crippen molar-refractivity contribution in [1.82, 2.24) is 5.32 Å². The number of methoxy groups -OCH3 is 1. The Balaban J connectivity index is 2.63. The largest absolute Gasteiger partial charge is 0.497 e. The maximum absolute atomic E-state index is 5.37. The number of rotatable bonds is 5. The minimum absolute atomic E-state index is 0.366. The molecule has 0 radical (unpaired) electrons. The maximum Gasteiger partial charge on any atom is 0.171 e. The van der Waals surface area contributed by atoms with Crippen LogP contribution in [0.5, 0.6) is 5.75 Å². The van der Waals surface area contributed by atoms with Gasteiger partial charge in [0.1, 0.15) is 5.75 Å². The molecule has 0 spiro atoms. The number of anilines is 1. The van der Waals surface area contributed by atoms with E-state index in [1.54, 1.807) is 7.11 Å². The second-order valence-electron chi connectivity index (χ2n) is 5.34. The predicted molar refractivity (Wildman–Crippen MR) is 85.8 cm³/mol. The summed E-state index contributed by atoms with van der Waals surface area (Å²) in [6.07, 6.45) is 0. The van der Waals surface area contributed by atoms with Crippen LogP contribution in [0.15, 0.2) is 24.3 Å². The lowest BCUT2D eigenvalue weighted by Crippen LogP contribution is -2.44. The predicted octanol–water partition coefficient (Wildman–Crippen LogP) is 3.66. The van der Waals surface area contributed by atoms with Crippen LogP contribution in [-0.2, 0) is 0 Å². The highest BCUT2D eigenvalue weighted by Gasteiger charge is 2.18. The van der Waals surface area contributed by atoms with Crippen LogP contribution in [0, 0.1) is 11.8 Å². The van der Waals surface area contributed by atoms with E-state index in [1.165, 1.54) is 0 Å². The Morgan fingerprint density at radius 2 is 1.79 bits per heavy atom. The molecule has 0 aliphatic rings. The van der Waals surface area contributed by atoms with E-state index in [9.17, 15) is 0 Å². The average Bonchev–Trinajstić information content (AvgIpc) is 2.35. The second-order valence-corrected chi connectivity index (χ2v) is 5.75. The molecule has 0 heterocycles. The van der Waals surface area contributed by atoms with Gasteiger partial charge in [-0.3, -0.25) is 0 Å². The van der Waals surface area contributed by atoms with Crippen molar-refractivity contribution in [2.75, 3.05) is 12.4 Å². The summed E-state index contributed by atoms with van der Waals surface area (Å²) in [5.74, 6) is 1.88. The molecule has 0 fully saturated rings.